The minimum Gasteiger partial charge on any atom is -0.492 e. The molecule has 0 aliphatic rings. The number of hydrogen-bond acceptors (Lipinski definition) is 4. The SMILES string of the molecule is O=c1oc2cc(OCCNCc3ccccc3)ccc2c2ccccc12. The first-order valence-electron chi connectivity index (χ1n) is 8.64. The van der Waals surface area contributed by atoms with Gasteiger partial charge in [0.2, 0.25) is 0 Å². The zero-order valence-electron chi connectivity index (χ0n) is 14.3. The van der Waals surface area contributed by atoms with E-state index in [9.17, 15) is 4.79 Å². The number of ether oxygens (including phenoxy) is 1. The van der Waals surface area contributed by atoms with Crippen LogP contribution in [-0.2, 0) is 6.54 Å². The van der Waals surface area contributed by atoms with Crippen LogP contribution in [-0.4, -0.2) is 13.2 Å². The molecule has 4 aromatic rings. The largest absolute Gasteiger partial charge is 0.492 e. The maximum Gasteiger partial charge on any atom is 0.344 e. The lowest BCUT2D eigenvalue weighted by Gasteiger charge is -2.09. The smallest absolute Gasteiger partial charge is 0.344 e. The van der Waals surface area contributed by atoms with Gasteiger partial charge in [0, 0.05) is 24.5 Å². The van der Waals surface area contributed by atoms with Crippen LogP contribution >= 0.6 is 0 Å². The second-order valence-electron chi connectivity index (χ2n) is 6.10. The number of fused-ring (bicyclic) bond motifs is 3. The van der Waals surface area contributed by atoms with Crippen LogP contribution < -0.4 is 15.7 Å². The minimum atomic E-state index is -0.324. The Kier molecular flexibility index (Phi) is 4.67. The molecule has 0 fully saturated rings. The molecule has 4 heteroatoms. The summed E-state index contributed by atoms with van der Waals surface area (Å²) in [4.78, 5) is 12.1. The van der Waals surface area contributed by atoms with E-state index in [1.54, 1.807) is 12.1 Å². The molecule has 0 atom stereocenters. The van der Waals surface area contributed by atoms with Gasteiger partial charge in [-0.25, -0.2) is 4.79 Å². The Bertz CT molecular complexity index is 1090. The molecule has 4 nitrogen and oxygen atoms in total. The van der Waals surface area contributed by atoms with Gasteiger partial charge in [-0.2, -0.15) is 0 Å². The third kappa shape index (κ3) is 3.46. The molecule has 1 heterocycles. The molecule has 4 rings (SSSR count). The van der Waals surface area contributed by atoms with Crippen LogP contribution in [0.2, 0.25) is 0 Å². The number of benzene rings is 3. The fourth-order valence-corrected chi connectivity index (χ4v) is 3.02. The molecule has 0 aliphatic heterocycles. The third-order valence-corrected chi connectivity index (χ3v) is 4.31. The van der Waals surface area contributed by atoms with Gasteiger partial charge in [0.1, 0.15) is 17.9 Å². The van der Waals surface area contributed by atoms with Crippen molar-refractivity contribution in [2.24, 2.45) is 0 Å². The molecule has 0 aliphatic carbocycles. The van der Waals surface area contributed by atoms with Crippen LogP contribution in [0.15, 0.2) is 82.0 Å². The summed E-state index contributed by atoms with van der Waals surface area (Å²) in [6.07, 6.45) is 0. The van der Waals surface area contributed by atoms with Crippen LogP contribution in [0.25, 0.3) is 21.7 Å². The predicted octanol–water partition coefficient (Wildman–Crippen LogP) is 4.11. The van der Waals surface area contributed by atoms with Gasteiger partial charge in [0.25, 0.3) is 0 Å². The van der Waals surface area contributed by atoms with Gasteiger partial charge in [0.05, 0.1) is 5.39 Å². The fourth-order valence-electron chi connectivity index (χ4n) is 3.02. The monoisotopic (exact) mass is 345 g/mol. The molecule has 0 unspecified atom stereocenters. The van der Waals surface area contributed by atoms with Crippen LogP contribution in [0.3, 0.4) is 0 Å². The summed E-state index contributed by atoms with van der Waals surface area (Å²) in [6, 6.07) is 23.3. The lowest BCUT2D eigenvalue weighted by atomic mass is 10.1. The van der Waals surface area contributed by atoms with Gasteiger partial charge in [0.15, 0.2) is 0 Å². The van der Waals surface area contributed by atoms with Crippen LogP contribution in [0.4, 0.5) is 0 Å². The summed E-state index contributed by atoms with van der Waals surface area (Å²) in [5.74, 6) is 0.692. The van der Waals surface area contributed by atoms with E-state index in [0.29, 0.717) is 23.3 Å². The van der Waals surface area contributed by atoms with Crippen molar-refractivity contribution < 1.29 is 9.15 Å². The van der Waals surface area contributed by atoms with E-state index in [2.05, 4.69) is 17.4 Å². The average Bonchev–Trinajstić information content (AvgIpc) is 2.69. The van der Waals surface area contributed by atoms with Crippen molar-refractivity contribution in [1.82, 2.24) is 5.32 Å². The Morgan fingerprint density at radius 2 is 1.62 bits per heavy atom. The summed E-state index contributed by atoms with van der Waals surface area (Å²) in [6.45, 7) is 2.08. The average molecular weight is 345 g/mol. The fraction of sp³-hybridized carbons (Fsp3) is 0.136. The second-order valence-corrected chi connectivity index (χ2v) is 6.10. The van der Waals surface area contributed by atoms with Crippen molar-refractivity contribution >= 4 is 21.7 Å². The van der Waals surface area contributed by atoms with Gasteiger partial charge in [-0.1, -0.05) is 48.5 Å². The van der Waals surface area contributed by atoms with E-state index < -0.39 is 0 Å². The van der Waals surface area contributed by atoms with Crippen molar-refractivity contribution in [1.29, 1.82) is 0 Å². The number of nitrogens with one attached hydrogen (secondary N) is 1. The normalized spacial score (nSPS) is 11.1. The molecule has 0 bridgehead atoms. The summed E-state index contributed by atoms with van der Waals surface area (Å²) in [5.41, 5.74) is 1.46. The first kappa shape index (κ1) is 16.4. The van der Waals surface area contributed by atoms with E-state index >= 15 is 0 Å². The molecule has 1 N–H and O–H groups in total. The molecule has 3 aromatic carbocycles. The molecule has 0 radical (unpaired) electrons. The topological polar surface area (TPSA) is 51.5 Å². The highest BCUT2D eigenvalue weighted by Gasteiger charge is 2.07. The molecule has 0 saturated carbocycles. The zero-order chi connectivity index (χ0) is 17.8. The molecule has 26 heavy (non-hydrogen) atoms. The summed E-state index contributed by atoms with van der Waals surface area (Å²) in [7, 11) is 0. The van der Waals surface area contributed by atoms with Crippen LogP contribution in [0.5, 0.6) is 5.75 Å². The molecular weight excluding hydrogens is 326 g/mol. The van der Waals surface area contributed by atoms with Gasteiger partial charge in [-0.05, 0) is 29.1 Å². The summed E-state index contributed by atoms with van der Waals surface area (Å²) in [5, 5.41) is 5.75. The number of hydrogen-bond donors (Lipinski definition) is 1. The van der Waals surface area contributed by atoms with Crippen LogP contribution in [0.1, 0.15) is 5.56 Å². The standard InChI is InChI=1S/C22H19NO3/c24-22-20-9-5-4-8-18(20)19-11-10-17(14-21(19)26-22)25-13-12-23-15-16-6-2-1-3-7-16/h1-11,14,23H,12-13,15H2. The Morgan fingerprint density at radius 3 is 2.46 bits per heavy atom. The summed E-state index contributed by atoms with van der Waals surface area (Å²) < 4.78 is 11.2. The van der Waals surface area contributed by atoms with Gasteiger partial charge in [-0.15, -0.1) is 0 Å². The lowest BCUT2D eigenvalue weighted by Crippen LogP contribution is -2.20. The zero-order valence-corrected chi connectivity index (χ0v) is 14.3. The van der Waals surface area contributed by atoms with Crippen molar-refractivity contribution in [3.63, 3.8) is 0 Å². The molecule has 0 amide bonds. The third-order valence-electron chi connectivity index (χ3n) is 4.31. The Balaban J connectivity index is 1.43. The first-order chi connectivity index (χ1) is 12.8. The first-order valence-corrected chi connectivity index (χ1v) is 8.64. The quantitative estimate of drug-likeness (QED) is 0.324. The minimum absolute atomic E-state index is 0.324. The van der Waals surface area contributed by atoms with Crippen molar-refractivity contribution in [2.75, 3.05) is 13.2 Å². The summed E-state index contributed by atoms with van der Waals surface area (Å²) >= 11 is 0. The maximum atomic E-state index is 12.1. The highest BCUT2D eigenvalue weighted by Crippen LogP contribution is 2.26. The van der Waals surface area contributed by atoms with E-state index in [-0.39, 0.29) is 5.63 Å². The van der Waals surface area contributed by atoms with E-state index in [1.165, 1.54) is 5.56 Å². The van der Waals surface area contributed by atoms with E-state index in [4.69, 9.17) is 9.15 Å². The van der Waals surface area contributed by atoms with E-state index in [1.807, 2.05) is 48.5 Å². The molecule has 130 valence electrons. The Morgan fingerprint density at radius 1 is 0.846 bits per heavy atom. The van der Waals surface area contributed by atoms with Crippen molar-refractivity contribution in [2.45, 2.75) is 6.54 Å². The van der Waals surface area contributed by atoms with Gasteiger partial charge in [-0.3, -0.25) is 0 Å². The van der Waals surface area contributed by atoms with Gasteiger partial charge < -0.3 is 14.5 Å². The molecular formula is C22H19NO3. The lowest BCUT2D eigenvalue weighted by molar-refractivity contribution is 0.313. The van der Waals surface area contributed by atoms with Gasteiger partial charge >= 0.3 is 5.63 Å². The van der Waals surface area contributed by atoms with Crippen LogP contribution in [0, 0.1) is 0 Å². The van der Waals surface area contributed by atoms with Crippen molar-refractivity contribution in [3.05, 3.63) is 88.8 Å². The predicted molar refractivity (Wildman–Crippen MR) is 104 cm³/mol. The molecule has 1 aromatic heterocycles. The molecule has 0 spiro atoms. The van der Waals surface area contributed by atoms with E-state index in [0.717, 1.165) is 23.9 Å². The Hall–Kier alpha value is -3.11. The highest BCUT2D eigenvalue weighted by molar-refractivity contribution is 6.04. The molecule has 0 saturated heterocycles. The van der Waals surface area contributed by atoms with Crippen molar-refractivity contribution in [3.8, 4) is 5.75 Å². The maximum absolute atomic E-state index is 12.1. The highest BCUT2D eigenvalue weighted by atomic mass is 16.5. The second kappa shape index (κ2) is 7.42. The Labute approximate surface area is 151 Å². The number of rotatable bonds is 6.